The number of likely N-dealkylation sites (N-methyl/N-ethyl adjacent to an activating group) is 1. The Morgan fingerprint density at radius 1 is 1.36 bits per heavy atom. The summed E-state index contributed by atoms with van der Waals surface area (Å²) in [6.07, 6.45) is 1.19. The van der Waals surface area contributed by atoms with Crippen molar-refractivity contribution in [2.75, 3.05) is 33.9 Å². The highest BCUT2D eigenvalue weighted by atomic mass is 16.5. The lowest BCUT2D eigenvalue weighted by atomic mass is 10.2. The molecule has 0 rings (SSSR count). The molecule has 0 heterocycles. The molecule has 0 aromatic rings. The van der Waals surface area contributed by atoms with Crippen molar-refractivity contribution in [3.8, 4) is 0 Å². The van der Waals surface area contributed by atoms with Crippen LogP contribution in [-0.2, 0) is 4.74 Å². The van der Waals surface area contributed by atoms with Gasteiger partial charge in [-0.15, -0.1) is 0 Å². The van der Waals surface area contributed by atoms with Crippen molar-refractivity contribution in [2.45, 2.75) is 39.3 Å². The highest BCUT2D eigenvalue weighted by molar-refractivity contribution is 4.71. The summed E-state index contributed by atoms with van der Waals surface area (Å²) in [5, 5.41) is 3.45. The molecule has 14 heavy (non-hydrogen) atoms. The number of hydrogen-bond acceptors (Lipinski definition) is 3. The Bertz CT molecular complexity index is 128. The number of methoxy groups -OCH3 is 1. The van der Waals surface area contributed by atoms with Gasteiger partial charge in [0, 0.05) is 25.7 Å². The minimum Gasteiger partial charge on any atom is -0.383 e. The summed E-state index contributed by atoms with van der Waals surface area (Å²) in [4.78, 5) is 2.36. The van der Waals surface area contributed by atoms with E-state index >= 15 is 0 Å². The molecule has 0 aromatic heterocycles. The van der Waals surface area contributed by atoms with E-state index < -0.39 is 0 Å². The molecule has 0 radical (unpaired) electrons. The number of nitrogens with zero attached hydrogens (tertiary/aromatic N) is 1. The summed E-state index contributed by atoms with van der Waals surface area (Å²) in [5.41, 5.74) is 0. The van der Waals surface area contributed by atoms with E-state index in [0.717, 1.165) is 19.7 Å². The summed E-state index contributed by atoms with van der Waals surface area (Å²) in [6.45, 7) is 9.48. The second kappa shape index (κ2) is 8.21. The molecule has 3 nitrogen and oxygen atoms in total. The van der Waals surface area contributed by atoms with Crippen LogP contribution in [0.5, 0.6) is 0 Å². The molecule has 0 aliphatic rings. The van der Waals surface area contributed by atoms with Crippen molar-refractivity contribution in [2.24, 2.45) is 0 Å². The first kappa shape index (κ1) is 13.9. The molecule has 1 atom stereocenters. The predicted octanol–water partition coefficient (Wildman–Crippen LogP) is 1.34. The summed E-state index contributed by atoms with van der Waals surface area (Å²) in [7, 11) is 3.93. The Morgan fingerprint density at radius 3 is 2.43 bits per heavy atom. The first-order chi connectivity index (χ1) is 6.61. The number of rotatable bonds is 8. The molecule has 1 unspecified atom stereocenters. The van der Waals surface area contributed by atoms with Crippen LogP contribution in [0.4, 0.5) is 0 Å². The maximum absolute atomic E-state index is 5.22. The highest BCUT2D eigenvalue weighted by Crippen LogP contribution is 1.98. The third-order valence-corrected chi connectivity index (χ3v) is 2.32. The zero-order valence-corrected chi connectivity index (χ0v) is 10.3. The van der Waals surface area contributed by atoms with E-state index in [9.17, 15) is 0 Å². The lowest BCUT2D eigenvalue weighted by molar-refractivity contribution is 0.104. The molecule has 1 N–H and O–H groups in total. The monoisotopic (exact) mass is 202 g/mol. The summed E-state index contributed by atoms with van der Waals surface area (Å²) in [6, 6.07) is 1.03. The van der Waals surface area contributed by atoms with Gasteiger partial charge in [-0.25, -0.2) is 0 Å². The van der Waals surface area contributed by atoms with Gasteiger partial charge in [0.15, 0.2) is 0 Å². The standard InChI is InChI=1S/C11H26N2O/c1-6-7-13(4)11(9-14-5)8-12-10(2)3/h10-12H,6-9H2,1-5H3. The normalized spacial score (nSPS) is 13.9. The van der Waals surface area contributed by atoms with Crippen LogP contribution in [0.2, 0.25) is 0 Å². The Kier molecular flexibility index (Phi) is 8.14. The van der Waals surface area contributed by atoms with Crippen LogP contribution in [-0.4, -0.2) is 50.8 Å². The van der Waals surface area contributed by atoms with E-state index in [2.05, 4.69) is 38.0 Å². The minimum absolute atomic E-state index is 0.488. The fraction of sp³-hybridized carbons (Fsp3) is 1.00. The van der Waals surface area contributed by atoms with E-state index in [1.807, 2.05) is 0 Å². The molecule has 0 spiro atoms. The largest absolute Gasteiger partial charge is 0.383 e. The summed E-state index contributed by atoms with van der Waals surface area (Å²) in [5.74, 6) is 0. The maximum Gasteiger partial charge on any atom is 0.0630 e. The van der Waals surface area contributed by atoms with Gasteiger partial charge in [-0.05, 0) is 20.0 Å². The van der Waals surface area contributed by atoms with E-state index in [1.54, 1.807) is 7.11 Å². The summed E-state index contributed by atoms with van der Waals surface area (Å²) < 4.78 is 5.22. The molecule has 0 saturated heterocycles. The van der Waals surface area contributed by atoms with Crippen molar-refractivity contribution in [3.63, 3.8) is 0 Å². The Morgan fingerprint density at radius 2 is 2.00 bits per heavy atom. The average molecular weight is 202 g/mol. The van der Waals surface area contributed by atoms with Gasteiger partial charge in [0.25, 0.3) is 0 Å². The minimum atomic E-state index is 0.488. The second-order valence-corrected chi connectivity index (χ2v) is 4.15. The van der Waals surface area contributed by atoms with Crippen LogP contribution >= 0.6 is 0 Å². The predicted molar refractivity (Wildman–Crippen MR) is 61.7 cm³/mol. The molecule has 0 fully saturated rings. The molecule has 0 bridgehead atoms. The highest BCUT2D eigenvalue weighted by Gasteiger charge is 2.13. The number of ether oxygens (including phenoxy) is 1. The van der Waals surface area contributed by atoms with Crippen molar-refractivity contribution in [3.05, 3.63) is 0 Å². The maximum atomic E-state index is 5.22. The molecule has 0 amide bonds. The van der Waals surface area contributed by atoms with E-state index in [0.29, 0.717) is 12.1 Å². The average Bonchev–Trinajstić information content (AvgIpc) is 2.12. The summed E-state index contributed by atoms with van der Waals surface area (Å²) >= 11 is 0. The SMILES string of the molecule is CCCN(C)C(CNC(C)C)COC. The number of hydrogen-bond donors (Lipinski definition) is 1. The molecule has 0 aromatic carbocycles. The Hall–Kier alpha value is -0.120. The first-order valence-corrected chi connectivity index (χ1v) is 5.54. The van der Waals surface area contributed by atoms with Crippen LogP contribution in [0.15, 0.2) is 0 Å². The molecular formula is C11H26N2O. The van der Waals surface area contributed by atoms with Gasteiger partial charge in [-0.1, -0.05) is 20.8 Å². The Balaban J connectivity index is 3.86. The zero-order valence-electron chi connectivity index (χ0n) is 10.3. The van der Waals surface area contributed by atoms with Gasteiger partial charge in [0.05, 0.1) is 6.61 Å². The van der Waals surface area contributed by atoms with Crippen LogP contribution in [0, 0.1) is 0 Å². The van der Waals surface area contributed by atoms with Gasteiger partial charge >= 0.3 is 0 Å². The molecule has 3 heteroatoms. The van der Waals surface area contributed by atoms with Gasteiger partial charge in [0.1, 0.15) is 0 Å². The lowest BCUT2D eigenvalue weighted by Gasteiger charge is -2.28. The van der Waals surface area contributed by atoms with Crippen molar-refractivity contribution >= 4 is 0 Å². The van der Waals surface area contributed by atoms with E-state index in [-0.39, 0.29) is 0 Å². The third-order valence-electron chi connectivity index (χ3n) is 2.32. The van der Waals surface area contributed by atoms with Crippen molar-refractivity contribution < 1.29 is 4.74 Å². The van der Waals surface area contributed by atoms with Crippen LogP contribution in [0.1, 0.15) is 27.2 Å². The van der Waals surface area contributed by atoms with Crippen LogP contribution in [0.25, 0.3) is 0 Å². The molecule has 0 aliphatic heterocycles. The lowest BCUT2D eigenvalue weighted by Crippen LogP contribution is -2.45. The second-order valence-electron chi connectivity index (χ2n) is 4.15. The van der Waals surface area contributed by atoms with Gasteiger partial charge < -0.3 is 10.1 Å². The fourth-order valence-corrected chi connectivity index (χ4v) is 1.44. The van der Waals surface area contributed by atoms with Crippen molar-refractivity contribution in [1.82, 2.24) is 10.2 Å². The molecule has 86 valence electrons. The topological polar surface area (TPSA) is 24.5 Å². The van der Waals surface area contributed by atoms with Gasteiger partial charge in [0.2, 0.25) is 0 Å². The molecular weight excluding hydrogens is 176 g/mol. The molecule has 0 aliphatic carbocycles. The third kappa shape index (κ3) is 6.35. The van der Waals surface area contributed by atoms with Crippen LogP contribution < -0.4 is 5.32 Å². The number of nitrogens with one attached hydrogen (secondary N) is 1. The van der Waals surface area contributed by atoms with E-state index in [1.165, 1.54) is 6.42 Å². The zero-order chi connectivity index (χ0) is 11.0. The smallest absolute Gasteiger partial charge is 0.0630 e. The van der Waals surface area contributed by atoms with Gasteiger partial charge in [-0.2, -0.15) is 0 Å². The first-order valence-electron chi connectivity index (χ1n) is 5.54. The fourth-order valence-electron chi connectivity index (χ4n) is 1.44. The van der Waals surface area contributed by atoms with Crippen LogP contribution in [0.3, 0.4) is 0 Å². The van der Waals surface area contributed by atoms with Gasteiger partial charge in [-0.3, -0.25) is 4.90 Å². The quantitative estimate of drug-likeness (QED) is 0.643. The van der Waals surface area contributed by atoms with Crippen molar-refractivity contribution in [1.29, 1.82) is 0 Å². The molecule has 0 saturated carbocycles. The van der Waals surface area contributed by atoms with E-state index in [4.69, 9.17) is 4.74 Å². The Labute approximate surface area is 88.8 Å².